The van der Waals surface area contributed by atoms with Crippen LogP contribution in [-0.2, 0) is 11.0 Å². The fourth-order valence-corrected chi connectivity index (χ4v) is 3.56. The van der Waals surface area contributed by atoms with Crippen LogP contribution in [0.25, 0.3) is 0 Å². The lowest BCUT2D eigenvalue weighted by Gasteiger charge is -2.24. The highest BCUT2D eigenvalue weighted by atomic mass is 35.5. The van der Waals surface area contributed by atoms with E-state index in [4.69, 9.17) is 11.6 Å². The summed E-state index contributed by atoms with van der Waals surface area (Å²) in [5.41, 5.74) is -0.441. The zero-order valence-corrected chi connectivity index (χ0v) is 15.0. The summed E-state index contributed by atoms with van der Waals surface area (Å²) in [6.45, 7) is 0.613. The molecule has 2 aromatic rings. The molecule has 0 saturated carbocycles. The third-order valence-corrected chi connectivity index (χ3v) is 4.89. The van der Waals surface area contributed by atoms with Gasteiger partial charge >= 0.3 is 6.18 Å². The van der Waals surface area contributed by atoms with E-state index in [9.17, 15) is 23.1 Å². The third kappa shape index (κ3) is 4.54. The Morgan fingerprint density at radius 2 is 1.93 bits per heavy atom. The molecule has 0 aromatic heterocycles. The van der Waals surface area contributed by atoms with Crippen molar-refractivity contribution in [3.8, 4) is 5.75 Å². The number of carbonyl (C=O) groups is 1. The first-order chi connectivity index (χ1) is 12.8. The van der Waals surface area contributed by atoms with Crippen LogP contribution in [0.2, 0.25) is 5.02 Å². The molecule has 0 bridgehead atoms. The Morgan fingerprint density at radius 3 is 2.59 bits per heavy atom. The smallest absolute Gasteiger partial charge is 0.418 e. The van der Waals surface area contributed by atoms with Crippen molar-refractivity contribution < 1.29 is 23.1 Å². The van der Waals surface area contributed by atoms with Crippen LogP contribution in [0.5, 0.6) is 5.75 Å². The van der Waals surface area contributed by atoms with Gasteiger partial charge in [-0.3, -0.25) is 9.69 Å². The second-order valence-corrected chi connectivity index (χ2v) is 6.84. The highest BCUT2D eigenvalue weighted by Crippen LogP contribution is 2.38. The van der Waals surface area contributed by atoms with E-state index in [1.807, 2.05) is 4.90 Å². The molecule has 2 aromatic carbocycles. The number of hydrogen-bond acceptors (Lipinski definition) is 3. The Balaban J connectivity index is 1.74. The number of phenols is 1. The maximum Gasteiger partial charge on any atom is 0.418 e. The fraction of sp³-hybridized carbons (Fsp3) is 0.316. The summed E-state index contributed by atoms with van der Waals surface area (Å²) in [7, 11) is 0. The molecule has 4 nitrogen and oxygen atoms in total. The van der Waals surface area contributed by atoms with Gasteiger partial charge in [0.2, 0.25) is 5.91 Å². The number of hydrogen-bond donors (Lipinski definition) is 2. The number of alkyl halides is 3. The lowest BCUT2D eigenvalue weighted by atomic mass is 10.0. The summed E-state index contributed by atoms with van der Waals surface area (Å²) in [4.78, 5) is 14.3. The average Bonchev–Trinajstić information content (AvgIpc) is 3.04. The minimum atomic E-state index is -4.62. The third-order valence-electron chi connectivity index (χ3n) is 4.57. The van der Waals surface area contributed by atoms with Gasteiger partial charge in [0.1, 0.15) is 5.75 Å². The number of likely N-dealkylation sites (tertiary alicyclic amines) is 1. The molecule has 1 fully saturated rings. The van der Waals surface area contributed by atoms with Crippen molar-refractivity contribution in [2.24, 2.45) is 0 Å². The van der Waals surface area contributed by atoms with Gasteiger partial charge in [-0.25, -0.2) is 0 Å². The SMILES string of the molecule is O=C(CN1CCCC1c1ccc(O)cc1)Nc1c(Cl)cccc1C(F)(F)F. The average molecular weight is 399 g/mol. The second kappa shape index (κ2) is 7.78. The normalized spacial score (nSPS) is 17.9. The summed E-state index contributed by atoms with van der Waals surface area (Å²) < 4.78 is 39.5. The van der Waals surface area contributed by atoms with E-state index in [0.717, 1.165) is 24.5 Å². The maximum atomic E-state index is 13.2. The lowest BCUT2D eigenvalue weighted by molar-refractivity contribution is -0.137. The van der Waals surface area contributed by atoms with Crippen molar-refractivity contribution in [3.05, 3.63) is 58.6 Å². The molecule has 8 heteroatoms. The first-order valence-electron chi connectivity index (χ1n) is 8.44. The van der Waals surface area contributed by atoms with Gasteiger partial charge in [-0.15, -0.1) is 0 Å². The van der Waals surface area contributed by atoms with Crippen LogP contribution in [0.15, 0.2) is 42.5 Å². The molecular weight excluding hydrogens is 381 g/mol. The van der Waals surface area contributed by atoms with Crippen LogP contribution in [0.4, 0.5) is 18.9 Å². The quantitative estimate of drug-likeness (QED) is 0.774. The molecule has 1 aliphatic heterocycles. The largest absolute Gasteiger partial charge is 0.508 e. The van der Waals surface area contributed by atoms with Crippen LogP contribution < -0.4 is 5.32 Å². The summed E-state index contributed by atoms with van der Waals surface area (Å²) in [6, 6.07) is 10.1. The molecule has 27 heavy (non-hydrogen) atoms. The minimum absolute atomic E-state index is 0.0234. The highest BCUT2D eigenvalue weighted by Gasteiger charge is 2.35. The Morgan fingerprint density at radius 1 is 1.22 bits per heavy atom. The predicted molar refractivity (Wildman–Crippen MR) is 96.7 cm³/mol. The molecule has 1 heterocycles. The van der Waals surface area contributed by atoms with E-state index in [1.54, 1.807) is 24.3 Å². The molecule has 0 radical (unpaired) electrons. The van der Waals surface area contributed by atoms with Gasteiger partial charge in [0.15, 0.2) is 0 Å². The number of nitrogens with one attached hydrogen (secondary N) is 1. The monoisotopic (exact) mass is 398 g/mol. The van der Waals surface area contributed by atoms with Crippen molar-refractivity contribution in [1.29, 1.82) is 0 Å². The van der Waals surface area contributed by atoms with E-state index in [2.05, 4.69) is 5.32 Å². The topological polar surface area (TPSA) is 52.6 Å². The van der Waals surface area contributed by atoms with Crippen molar-refractivity contribution >= 4 is 23.2 Å². The number of amides is 1. The molecule has 144 valence electrons. The first-order valence-corrected chi connectivity index (χ1v) is 8.82. The maximum absolute atomic E-state index is 13.2. The Hall–Kier alpha value is -2.25. The van der Waals surface area contributed by atoms with Gasteiger partial charge < -0.3 is 10.4 Å². The molecule has 1 aliphatic rings. The number of anilines is 1. The number of para-hydroxylation sites is 1. The standard InChI is InChI=1S/C19H18ClF3N2O2/c20-15-4-1-3-14(19(21,22)23)18(15)24-17(27)11-25-10-2-5-16(25)12-6-8-13(26)9-7-12/h1,3-4,6-9,16,26H,2,5,10-11H2,(H,24,27). The number of nitrogens with zero attached hydrogens (tertiary/aromatic N) is 1. The van der Waals surface area contributed by atoms with Crippen LogP contribution in [0, 0.1) is 0 Å². The van der Waals surface area contributed by atoms with E-state index < -0.39 is 23.3 Å². The van der Waals surface area contributed by atoms with Crippen LogP contribution in [0.3, 0.4) is 0 Å². The van der Waals surface area contributed by atoms with E-state index >= 15 is 0 Å². The van der Waals surface area contributed by atoms with Gasteiger partial charge in [-0.2, -0.15) is 13.2 Å². The van der Waals surface area contributed by atoms with Crippen molar-refractivity contribution in [1.82, 2.24) is 4.90 Å². The Labute approximate surface area is 159 Å². The van der Waals surface area contributed by atoms with Crippen LogP contribution in [-0.4, -0.2) is 29.0 Å². The van der Waals surface area contributed by atoms with E-state index in [0.29, 0.717) is 6.54 Å². The van der Waals surface area contributed by atoms with Crippen LogP contribution in [0.1, 0.15) is 30.0 Å². The Kier molecular flexibility index (Phi) is 5.62. The summed E-state index contributed by atoms with van der Waals surface area (Å²) in [5, 5.41) is 11.6. The molecule has 0 aliphatic carbocycles. The number of phenolic OH excluding ortho intramolecular Hbond substituents is 1. The van der Waals surface area contributed by atoms with Crippen molar-refractivity contribution in [2.45, 2.75) is 25.1 Å². The zero-order chi connectivity index (χ0) is 19.6. The molecule has 1 amide bonds. The number of aromatic hydroxyl groups is 1. The van der Waals surface area contributed by atoms with Gasteiger partial charge in [-0.05, 0) is 49.2 Å². The number of rotatable bonds is 4. The van der Waals surface area contributed by atoms with Gasteiger partial charge in [0, 0.05) is 6.04 Å². The van der Waals surface area contributed by atoms with E-state index in [1.165, 1.54) is 12.1 Å². The van der Waals surface area contributed by atoms with Gasteiger partial charge in [0.25, 0.3) is 0 Å². The molecule has 3 rings (SSSR count). The summed E-state index contributed by atoms with van der Waals surface area (Å²) in [6.07, 6.45) is -2.91. The summed E-state index contributed by atoms with van der Waals surface area (Å²) >= 11 is 5.88. The fourth-order valence-electron chi connectivity index (χ4n) is 3.34. The molecule has 2 N–H and O–H groups in total. The Bertz CT molecular complexity index is 825. The molecule has 0 spiro atoms. The molecule has 1 saturated heterocycles. The first kappa shape index (κ1) is 19.5. The van der Waals surface area contributed by atoms with Crippen molar-refractivity contribution in [2.75, 3.05) is 18.4 Å². The number of carbonyl (C=O) groups excluding carboxylic acids is 1. The van der Waals surface area contributed by atoms with Gasteiger partial charge in [0.05, 0.1) is 22.8 Å². The minimum Gasteiger partial charge on any atom is -0.508 e. The van der Waals surface area contributed by atoms with E-state index in [-0.39, 0.29) is 23.4 Å². The van der Waals surface area contributed by atoms with Crippen LogP contribution >= 0.6 is 11.6 Å². The molecule has 1 unspecified atom stereocenters. The number of benzene rings is 2. The number of halogens is 4. The predicted octanol–water partition coefficient (Wildman–Crippen LogP) is 4.84. The van der Waals surface area contributed by atoms with Gasteiger partial charge in [-0.1, -0.05) is 29.8 Å². The second-order valence-electron chi connectivity index (χ2n) is 6.43. The molecular formula is C19H18ClF3N2O2. The lowest BCUT2D eigenvalue weighted by Crippen LogP contribution is -2.33. The zero-order valence-electron chi connectivity index (χ0n) is 14.3. The molecule has 1 atom stereocenters. The van der Waals surface area contributed by atoms with Crippen molar-refractivity contribution in [3.63, 3.8) is 0 Å². The highest BCUT2D eigenvalue weighted by molar-refractivity contribution is 6.34. The summed E-state index contributed by atoms with van der Waals surface area (Å²) in [5.74, 6) is -0.404.